The molecule has 0 amide bonds. The summed E-state index contributed by atoms with van der Waals surface area (Å²) in [4.78, 5) is 8.15. The van der Waals surface area contributed by atoms with Crippen molar-refractivity contribution >= 4 is 29.9 Å². The molecule has 9 heteroatoms. The molecule has 1 heterocycles. The predicted molar refractivity (Wildman–Crippen MR) is 115 cm³/mol. The Morgan fingerprint density at radius 2 is 1.85 bits per heavy atom. The maximum Gasteiger partial charge on any atom is 0.401 e. The number of likely N-dealkylation sites (tertiary alicyclic amines) is 1. The minimum Gasteiger partial charge on any atom is -0.388 e. The first-order valence-corrected chi connectivity index (χ1v) is 9.71. The lowest BCUT2D eigenvalue weighted by atomic mass is 9.98. The maximum atomic E-state index is 12.6. The van der Waals surface area contributed by atoms with Crippen LogP contribution in [-0.4, -0.2) is 78.5 Å². The molecule has 0 aromatic rings. The normalized spacial score (nSPS) is 18.8. The lowest BCUT2D eigenvalue weighted by Gasteiger charge is -2.27. The minimum atomic E-state index is -4.16. The fourth-order valence-corrected chi connectivity index (χ4v) is 3.22. The van der Waals surface area contributed by atoms with Gasteiger partial charge in [0.25, 0.3) is 0 Å². The van der Waals surface area contributed by atoms with Gasteiger partial charge in [-0.05, 0) is 38.6 Å². The summed E-state index contributed by atoms with van der Waals surface area (Å²) in [6.07, 6.45) is -2.03. The van der Waals surface area contributed by atoms with E-state index in [1.54, 1.807) is 6.92 Å². The number of nitrogens with one attached hydrogen (secondary N) is 1. The molecule has 1 aliphatic heterocycles. The van der Waals surface area contributed by atoms with E-state index in [9.17, 15) is 18.3 Å². The van der Waals surface area contributed by atoms with Gasteiger partial charge in [-0.25, -0.2) is 0 Å². The Bertz CT molecular complexity index is 445. The van der Waals surface area contributed by atoms with Gasteiger partial charge in [0, 0.05) is 26.2 Å². The fourth-order valence-electron chi connectivity index (χ4n) is 3.22. The van der Waals surface area contributed by atoms with E-state index >= 15 is 0 Å². The lowest BCUT2D eigenvalue weighted by Crippen LogP contribution is -2.43. The molecule has 1 aliphatic rings. The molecule has 0 saturated carbocycles. The first kappa shape index (κ1) is 26.7. The van der Waals surface area contributed by atoms with Gasteiger partial charge in [0.1, 0.15) is 0 Å². The second kappa shape index (κ2) is 12.3. The van der Waals surface area contributed by atoms with Gasteiger partial charge < -0.3 is 15.3 Å². The predicted octanol–water partition coefficient (Wildman–Crippen LogP) is 3.33. The van der Waals surface area contributed by atoms with Crippen molar-refractivity contribution in [2.24, 2.45) is 10.9 Å². The van der Waals surface area contributed by atoms with Crippen molar-refractivity contribution < 1.29 is 18.3 Å². The molecule has 1 unspecified atom stereocenters. The zero-order chi connectivity index (χ0) is 19.8. The lowest BCUT2D eigenvalue weighted by molar-refractivity contribution is -0.146. The summed E-state index contributed by atoms with van der Waals surface area (Å²) in [6.45, 7) is 10.1. The molecule has 0 radical (unpaired) electrons. The maximum absolute atomic E-state index is 12.6. The van der Waals surface area contributed by atoms with E-state index < -0.39 is 18.3 Å². The SMILES string of the molecule is CCNC(=NCC(O)(CC)CC)N1CCC(CN(CC)CC(F)(F)F)C1.I. The van der Waals surface area contributed by atoms with E-state index in [1.165, 1.54) is 4.90 Å². The second-order valence-electron chi connectivity index (χ2n) is 7.15. The van der Waals surface area contributed by atoms with Crippen LogP contribution < -0.4 is 5.32 Å². The summed E-state index contributed by atoms with van der Waals surface area (Å²) in [5, 5.41) is 13.7. The quantitative estimate of drug-likeness (QED) is 0.285. The van der Waals surface area contributed by atoms with Crippen LogP contribution in [0.2, 0.25) is 0 Å². The Morgan fingerprint density at radius 3 is 2.33 bits per heavy atom. The summed E-state index contributed by atoms with van der Waals surface area (Å²) in [5.41, 5.74) is -0.800. The van der Waals surface area contributed by atoms with Gasteiger partial charge in [-0.1, -0.05) is 20.8 Å². The summed E-state index contributed by atoms with van der Waals surface area (Å²) >= 11 is 0. The highest BCUT2D eigenvalue weighted by Crippen LogP contribution is 2.22. The third kappa shape index (κ3) is 9.65. The van der Waals surface area contributed by atoms with Crippen molar-refractivity contribution in [1.29, 1.82) is 0 Å². The number of guanidine groups is 1. The highest BCUT2D eigenvalue weighted by molar-refractivity contribution is 14.0. The van der Waals surface area contributed by atoms with Crippen LogP contribution in [0.1, 0.15) is 47.0 Å². The highest BCUT2D eigenvalue weighted by Gasteiger charge is 2.33. The molecule has 162 valence electrons. The van der Waals surface area contributed by atoms with Crippen molar-refractivity contribution in [2.75, 3.05) is 45.8 Å². The molecule has 2 N–H and O–H groups in total. The molecule has 1 atom stereocenters. The molecular weight excluding hydrogens is 472 g/mol. The van der Waals surface area contributed by atoms with Gasteiger partial charge in [0.05, 0.1) is 18.7 Å². The average molecular weight is 508 g/mol. The van der Waals surface area contributed by atoms with Gasteiger partial charge in [-0.3, -0.25) is 9.89 Å². The van der Waals surface area contributed by atoms with E-state index in [0.717, 1.165) is 18.9 Å². The standard InChI is InChI=1S/C18H35F3N4O.HI/c1-5-17(26,6-2)13-23-16(22-7-3)25-10-9-15(12-25)11-24(8-4)14-18(19,20)21;/h15,26H,5-14H2,1-4H3,(H,22,23);1H. The Hall–Kier alpha value is -0.290. The number of alkyl halides is 3. The zero-order valence-electron chi connectivity index (χ0n) is 17.0. The van der Waals surface area contributed by atoms with Crippen LogP contribution >= 0.6 is 24.0 Å². The molecule has 1 saturated heterocycles. The van der Waals surface area contributed by atoms with Crippen molar-refractivity contribution in [3.8, 4) is 0 Å². The van der Waals surface area contributed by atoms with Crippen LogP contribution in [0.4, 0.5) is 13.2 Å². The number of aliphatic hydroxyl groups is 1. The van der Waals surface area contributed by atoms with E-state index in [1.807, 2.05) is 20.8 Å². The first-order valence-electron chi connectivity index (χ1n) is 9.71. The van der Waals surface area contributed by atoms with Crippen LogP contribution in [-0.2, 0) is 0 Å². The van der Waals surface area contributed by atoms with Gasteiger partial charge in [0.2, 0.25) is 0 Å². The molecule has 0 aromatic carbocycles. The smallest absolute Gasteiger partial charge is 0.388 e. The van der Waals surface area contributed by atoms with Crippen LogP contribution in [0, 0.1) is 5.92 Å². The monoisotopic (exact) mass is 508 g/mol. The van der Waals surface area contributed by atoms with Crippen LogP contribution in [0.15, 0.2) is 4.99 Å². The molecular formula is C18H36F3IN4O. The number of aliphatic imine (C=N–C) groups is 1. The molecule has 0 aliphatic carbocycles. The number of halogens is 4. The van der Waals surface area contributed by atoms with Gasteiger partial charge in [0.15, 0.2) is 5.96 Å². The third-order valence-electron chi connectivity index (χ3n) is 5.13. The number of nitrogens with zero attached hydrogens (tertiary/aromatic N) is 3. The molecule has 27 heavy (non-hydrogen) atoms. The van der Waals surface area contributed by atoms with Gasteiger partial charge in [-0.2, -0.15) is 13.2 Å². The average Bonchev–Trinajstić information content (AvgIpc) is 3.04. The zero-order valence-corrected chi connectivity index (χ0v) is 19.3. The van der Waals surface area contributed by atoms with Crippen molar-refractivity contribution in [3.05, 3.63) is 0 Å². The van der Waals surface area contributed by atoms with Crippen LogP contribution in [0.3, 0.4) is 0 Å². The van der Waals surface area contributed by atoms with Crippen molar-refractivity contribution in [1.82, 2.24) is 15.1 Å². The Labute approximate surface area is 178 Å². The van der Waals surface area contributed by atoms with Crippen molar-refractivity contribution in [3.63, 3.8) is 0 Å². The Morgan fingerprint density at radius 1 is 1.22 bits per heavy atom. The summed E-state index contributed by atoms with van der Waals surface area (Å²) in [7, 11) is 0. The molecule has 0 bridgehead atoms. The topological polar surface area (TPSA) is 51.1 Å². The number of rotatable bonds is 9. The van der Waals surface area contributed by atoms with E-state index in [2.05, 4.69) is 15.2 Å². The molecule has 1 fully saturated rings. The number of hydrogen-bond acceptors (Lipinski definition) is 3. The fraction of sp³-hybridized carbons (Fsp3) is 0.944. The van der Waals surface area contributed by atoms with E-state index in [4.69, 9.17) is 0 Å². The summed E-state index contributed by atoms with van der Waals surface area (Å²) in [5.74, 6) is 0.937. The van der Waals surface area contributed by atoms with Crippen molar-refractivity contribution in [2.45, 2.75) is 58.7 Å². The molecule has 5 nitrogen and oxygen atoms in total. The third-order valence-corrected chi connectivity index (χ3v) is 5.13. The highest BCUT2D eigenvalue weighted by atomic mass is 127. The Balaban J connectivity index is 0.00000676. The number of hydrogen-bond donors (Lipinski definition) is 2. The van der Waals surface area contributed by atoms with Gasteiger partial charge >= 0.3 is 6.18 Å². The molecule has 0 aromatic heterocycles. The molecule has 1 rings (SSSR count). The summed E-state index contributed by atoms with van der Waals surface area (Å²) < 4.78 is 37.9. The second-order valence-corrected chi connectivity index (χ2v) is 7.15. The first-order chi connectivity index (χ1) is 12.2. The van der Waals surface area contributed by atoms with Gasteiger partial charge in [-0.15, -0.1) is 24.0 Å². The summed E-state index contributed by atoms with van der Waals surface area (Å²) in [6, 6.07) is 0. The minimum absolute atomic E-state index is 0. The Kier molecular flexibility index (Phi) is 12.2. The van der Waals surface area contributed by atoms with E-state index in [0.29, 0.717) is 45.6 Å². The largest absolute Gasteiger partial charge is 0.401 e. The van der Waals surface area contributed by atoms with E-state index in [-0.39, 0.29) is 29.9 Å². The van der Waals surface area contributed by atoms with Crippen LogP contribution in [0.5, 0.6) is 0 Å². The molecule has 0 spiro atoms. The van der Waals surface area contributed by atoms with Crippen LogP contribution in [0.25, 0.3) is 0 Å².